The predicted molar refractivity (Wildman–Crippen MR) is 23.4 cm³/mol. The second-order valence-corrected chi connectivity index (χ2v) is 2.01. The van der Waals surface area contributed by atoms with Crippen LogP contribution in [-0.4, -0.2) is 22.3 Å². The maximum Gasteiger partial charge on any atom is 0.201 e. The Kier molecular flexibility index (Phi) is 1.24. The molecule has 8 heavy (non-hydrogen) atoms. The lowest BCUT2D eigenvalue weighted by Crippen LogP contribution is -2.21. The lowest BCUT2D eigenvalue weighted by Gasteiger charge is -2.08. The van der Waals surface area contributed by atoms with E-state index in [-0.39, 0.29) is 6.42 Å². The maximum atomic E-state index is 8.86. The highest BCUT2D eigenvalue weighted by molar-refractivity contribution is 4.62. The summed E-state index contributed by atoms with van der Waals surface area (Å²) in [5.74, 6) is -1.31. The number of hydrogen-bond donors (Lipinski definition) is 2. The van der Waals surface area contributed by atoms with Crippen molar-refractivity contribution >= 4 is 0 Å². The molecule has 0 radical (unpaired) electrons. The van der Waals surface area contributed by atoms with Crippen LogP contribution in [0.15, 0.2) is 0 Å². The highest BCUT2D eigenvalue weighted by Crippen LogP contribution is 2.22. The second-order valence-electron chi connectivity index (χ2n) is 2.01. The van der Waals surface area contributed by atoms with Crippen molar-refractivity contribution in [3.8, 4) is 0 Å². The largest absolute Gasteiger partial charge is 0.365 e. The van der Waals surface area contributed by atoms with Gasteiger partial charge in [0.25, 0.3) is 0 Å². The molecule has 1 saturated heterocycles. The molecule has 1 heterocycles. The zero-order valence-electron chi connectivity index (χ0n) is 4.50. The highest BCUT2D eigenvalue weighted by Gasteiger charge is 2.34. The topological polar surface area (TPSA) is 58.9 Å². The number of rotatable bonds is 0. The number of aliphatic hydroxyl groups is 2. The Hall–Kier alpha value is -0.160. The van der Waals surface area contributed by atoms with E-state index in [0.717, 1.165) is 0 Å². The van der Waals surface area contributed by atoms with Gasteiger partial charge in [-0.15, -0.1) is 0 Å². The van der Waals surface area contributed by atoms with Crippen molar-refractivity contribution in [1.82, 2.24) is 0 Å². The monoisotopic (exact) mass is 120 g/mol. The molecule has 1 aliphatic heterocycles. The van der Waals surface area contributed by atoms with E-state index >= 15 is 0 Å². The van der Waals surface area contributed by atoms with E-state index in [4.69, 9.17) is 10.2 Å². The van der Waals surface area contributed by atoms with Crippen molar-refractivity contribution in [3.63, 3.8) is 0 Å². The fourth-order valence-electron chi connectivity index (χ4n) is 0.551. The summed E-state index contributed by atoms with van der Waals surface area (Å²) in [6.45, 7) is 1.42. The van der Waals surface area contributed by atoms with Crippen molar-refractivity contribution in [2.75, 3.05) is 0 Å². The molecule has 0 bridgehead atoms. The number of hydrogen-bond acceptors (Lipinski definition) is 4. The van der Waals surface area contributed by atoms with Crippen LogP contribution in [0.5, 0.6) is 0 Å². The Morgan fingerprint density at radius 2 is 2.38 bits per heavy atom. The molecule has 48 valence electrons. The summed E-state index contributed by atoms with van der Waals surface area (Å²) in [6.07, 6.45) is -0.877. The second kappa shape index (κ2) is 1.66. The van der Waals surface area contributed by atoms with E-state index in [0.29, 0.717) is 0 Å². The van der Waals surface area contributed by atoms with Gasteiger partial charge in [-0.2, -0.15) is 4.89 Å². The molecule has 0 saturated carbocycles. The molecule has 2 unspecified atom stereocenters. The lowest BCUT2D eigenvalue weighted by atomic mass is 10.2. The molecule has 1 aliphatic rings. The van der Waals surface area contributed by atoms with Gasteiger partial charge in [0.05, 0.1) is 6.42 Å². The van der Waals surface area contributed by atoms with Crippen molar-refractivity contribution in [1.29, 1.82) is 0 Å². The van der Waals surface area contributed by atoms with Crippen molar-refractivity contribution in [2.24, 2.45) is 0 Å². The van der Waals surface area contributed by atoms with Gasteiger partial charge in [0.15, 0.2) is 6.29 Å². The summed E-state index contributed by atoms with van der Waals surface area (Å²) in [6, 6.07) is 0. The Balaban J connectivity index is 2.44. The van der Waals surface area contributed by atoms with Crippen molar-refractivity contribution in [3.05, 3.63) is 0 Å². The first-order valence-electron chi connectivity index (χ1n) is 2.35. The molecule has 2 N–H and O–H groups in total. The van der Waals surface area contributed by atoms with Crippen LogP contribution in [0.4, 0.5) is 0 Å². The van der Waals surface area contributed by atoms with Gasteiger partial charge in [-0.1, -0.05) is 0 Å². The summed E-state index contributed by atoms with van der Waals surface area (Å²) in [7, 11) is 0. The normalized spacial score (nSPS) is 47.6. The maximum absolute atomic E-state index is 8.86. The SMILES string of the molecule is CC1(O)CC(O)OO1. The van der Waals surface area contributed by atoms with Gasteiger partial charge >= 0.3 is 0 Å². The molecular weight excluding hydrogens is 112 g/mol. The van der Waals surface area contributed by atoms with E-state index in [2.05, 4.69) is 9.78 Å². The molecule has 0 aromatic heterocycles. The molecule has 1 rings (SSSR count). The van der Waals surface area contributed by atoms with Gasteiger partial charge < -0.3 is 10.2 Å². The smallest absolute Gasteiger partial charge is 0.201 e. The van der Waals surface area contributed by atoms with Gasteiger partial charge in [0.2, 0.25) is 5.79 Å². The van der Waals surface area contributed by atoms with Crippen LogP contribution in [0, 0.1) is 0 Å². The minimum absolute atomic E-state index is 0.104. The van der Waals surface area contributed by atoms with E-state index in [1.54, 1.807) is 0 Å². The zero-order chi connectivity index (χ0) is 6.20. The molecule has 0 aromatic carbocycles. The Labute approximate surface area is 46.6 Å². The minimum Gasteiger partial charge on any atom is -0.365 e. The summed E-state index contributed by atoms with van der Waals surface area (Å²) in [5.41, 5.74) is 0. The Morgan fingerprint density at radius 1 is 1.75 bits per heavy atom. The third-order valence-electron chi connectivity index (χ3n) is 0.892. The van der Waals surface area contributed by atoms with Crippen LogP contribution in [0.25, 0.3) is 0 Å². The predicted octanol–water partition coefficient (Wildman–Crippen LogP) is -0.635. The summed E-state index contributed by atoms with van der Waals surface area (Å²) in [5, 5.41) is 17.4. The highest BCUT2D eigenvalue weighted by atomic mass is 17.3. The average Bonchev–Trinajstić information content (AvgIpc) is 1.82. The lowest BCUT2D eigenvalue weighted by molar-refractivity contribution is -0.391. The fourth-order valence-corrected chi connectivity index (χ4v) is 0.551. The van der Waals surface area contributed by atoms with E-state index < -0.39 is 12.1 Å². The third kappa shape index (κ3) is 1.16. The summed E-state index contributed by atoms with van der Waals surface area (Å²) < 4.78 is 0. The van der Waals surface area contributed by atoms with Crippen LogP contribution in [0.1, 0.15) is 13.3 Å². The van der Waals surface area contributed by atoms with Crippen LogP contribution >= 0.6 is 0 Å². The van der Waals surface area contributed by atoms with Crippen molar-refractivity contribution < 1.29 is 20.0 Å². The van der Waals surface area contributed by atoms with Crippen LogP contribution in [-0.2, 0) is 9.78 Å². The number of aliphatic hydroxyl groups excluding tert-OH is 1. The minimum atomic E-state index is -1.31. The molecule has 4 heteroatoms. The molecule has 0 amide bonds. The third-order valence-corrected chi connectivity index (χ3v) is 0.892. The first-order chi connectivity index (χ1) is 3.60. The zero-order valence-corrected chi connectivity index (χ0v) is 4.50. The average molecular weight is 120 g/mol. The molecule has 4 nitrogen and oxygen atoms in total. The van der Waals surface area contributed by atoms with Crippen molar-refractivity contribution in [2.45, 2.75) is 25.4 Å². The Morgan fingerprint density at radius 3 is 2.50 bits per heavy atom. The molecule has 0 spiro atoms. The van der Waals surface area contributed by atoms with Gasteiger partial charge in [-0.3, -0.25) is 0 Å². The van der Waals surface area contributed by atoms with E-state index in [1.165, 1.54) is 6.92 Å². The molecule has 0 aromatic rings. The van der Waals surface area contributed by atoms with Gasteiger partial charge in [-0.25, -0.2) is 4.89 Å². The van der Waals surface area contributed by atoms with E-state index in [9.17, 15) is 0 Å². The summed E-state index contributed by atoms with van der Waals surface area (Å²) in [4.78, 5) is 8.43. The summed E-state index contributed by atoms with van der Waals surface area (Å²) >= 11 is 0. The fraction of sp³-hybridized carbons (Fsp3) is 1.00. The first kappa shape index (κ1) is 5.97. The standard InChI is InChI=1S/C4H8O4/c1-4(6)2-3(5)7-8-4/h3,5-6H,2H2,1H3. The van der Waals surface area contributed by atoms with Gasteiger partial charge in [0.1, 0.15) is 0 Å². The molecule has 1 fully saturated rings. The van der Waals surface area contributed by atoms with Gasteiger partial charge in [-0.05, 0) is 6.92 Å². The van der Waals surface area contributed by atoms with Gasteiger partial charge in [0, 0.05) is 0 Å². The molecule has 0 aliphatic carbocycles. The van der Waals surface area contributed by atoms with Crippen LogP contribution < -0.4 is 0 Å². The first-order valence-corrected chi connectivity index (χ1v) is 2.35. The van der Waals surface area contributed by atoms with Crippen LogP contribution in [0.2, 0.25) is 0 Å². The Bertz CT molecular complexity index is 90.0. The molecular formula is C4H8O4. The van der Waals surface area contributed by atoms with E-state index in [1.807, 2.05) is 0 Å². The molecule has 2 atom stereocenters. The quantitative estimate of drug-likeness (QED) is 0.418. The van der Waals surface area contributed by atoms with Crippen LogP contribution in [0.3, 0.4) is 0 Å².